The zero-order valence-corrected chi connectivity index (χ0v) is 16.8. The molecule has 2 aromatic heterocycles. The zero-order chi connectivity index (χ0) is 19.5. The minimum absolute atomic E-state index is 0.115. The molecule has 0 spiro atoms. The molecule has 1 aliphatic rings. The molecule has 5 nitrogen and oxygen atoms in total. The van der Waals surface area contributed by atoms with Crippen molar-refractivity contribution in [2.75, 3.05) is 13.1 Å². The largest absolute Gasteiger partial charge is 0.339 e. The van der Waals surface area contributed by atoms with Crippen LogP contribution in [0.3, 0.4) is 0 Å². The number of piperidine rings is 1. The van der Waals surface area contributed by atoms with Gasteiger partial charge >= 0.3 is 0 Å². The SMILES string of the molecule is CCCn1ncc2c(C(=O)N3CCC(Cc4ccccc4)CC3)cc(C)nc21. The van der Waals surface area contributed by atoms with Gasteiger partial charge in [0, 0.05) is 25.3 Å². The Labute approximate surface area is 166 Å². The van der Waals surface area contributed by atoms with Gasteiger partial charge in [-0.25, -0.2) is 9.67 Å². The predicted molar refractivity (Wildman–Crippen MR) is 111 cm³/mol. The van der Waals surface area contributed by atoms with Crippen molar-refractivity contribution >= 4 is 16.9 Å². The average Bonchev–Trinajstić information content (AvgIpc) is 3.11. The molecule has 1 saturated heterocycles. The van der Waals surface area contributed by atoms with Gasteiger partial charge in [-0.15, -0.1) is 0 Å². The third-order valence-electron chi connectivity index (χ3n) is 5.67. The summed E-state index contributed by atoms with van der Waals surface area (Å²) in [5.41, 5.74) is 3.82. The summed E-state index contributed by atoms with van der Waals surface area (Å²) in [5, 5.41) is 5.33. The maximum absolute atomic E-state index is 13.3. The molecule has 4 rings (SSSR count). The van der Waals surface area contributed by atoms with Crippen molar-refractivity contribution in [3.8, 4) is 0 Å². The molecule has 146 valence electrons. The highest BCUT2D eigenvalue weighted by molar-refractivity contribution is 6.05. The number of fused-ring (bicyclic) bond motifs is 1. The lowest BCUT2D eigenvalue weighted by molar-refractivity contribution is 0.0692. The molecule has 0 radical (unpaired) electrons. The van der Waals surface area contributed by atoms with Gasteiger partial charge in [-0.05, 0) is 50.2 Å². The lowest BCUT2D eigenvalue weighted by Gasteiger charge is -2.32. The van der Waals surface area contributed by atoms with Crippen molar-refractivity contribution in [2.45, 2.75) is 46.1 Å². The number of nitrogens with zero attached hydrogens (tertiary/aromatic N) is 4. The van der Waals surface area contributed by atoms with E-state index in [4.69, 9.17) is 0 Å². The topological polar surface area (TPSA) is 51.0 Å². The quantitative estimate of drug-likeness (QED) is 0.669. The molecular weight excluding hydrogens is 348 g/mol. The molecule has 1 aliphatic heterocycles. The van der Waals surface area contributed by atoms with E-state index in [1.807, 2.05) is 22.6 Å². The second-order valence-electron chi connectivity index (χ2n) is 7.84. The second kappa shape index (κ2) is 8.13. The second-order valence-corrected chi connectivity index (χ2v) is 7.84. The standard InChI is InChI=1S/C23H28N4O/c1-3-11-27-22-21(16-24-27)20(14-17(2)25-22)23(28)26-12-9-19(10-13-26)15-18-7-5-4-6-8-18/h4-8,14,16,19H,3,9-13,15H2,1-2H3. The number of likely N-dealkylation sites (tertiary alicyclic amines) is 1. The van der Waals surface area contributed by atoms with Gasteiger partial charge in [0.2, 0.25) is 0 Å². The van der Waals surface area contributed by atoms with Gasteiger partial charge in [-0.1, -0.05) is 37.3 Å². The van der Waals surface area contributed by atoms with Gasteiger partial charge in [-0.2, -0.15) is 5.10 Å². The molecule has 0 saturated carbocycles. The maximum Gasteiger partial charge on any atom is 0.254 e. The first-order valence-electron chi connectivity index (χ1n) is 10.3. The van der Waals surface area contributed by atoms with Crippen LogP contribution in [-0.4, -0.2) is 38.7 Å². The molecule has 0 aliphatic carbocycles. The molecule has 5 heteroatoms. The number of carbonyl (C=O) groups excluding carboxylic acids is 1. The van der Waals surface area contributed by atoms with Crippen molar-refractivity contribution in [1.82, 2.24) is 19.7 Å². The Bertz CT molecular complexity index is 955. The third kappa shape index (κ3) is 3.79. The number of benzene rings is 1. The van der Waals surface area contributed by atoms with Gasteiger partial charge in [0.15, 0.2) is 5.65 Å². The normalized spacial score (nSPS) is 15.3. The lowest BCUT2D eigenvalue weighted by atomic mass is 9.90. The van der Waals surface area contributed by atoms with Crippen molar-refractivity contribution in [1.29, 1.82) is 0 Å². The van der Waals surface area contributed by atoms with Crippen LogP contribution in [0.25, 0.3) is 11.0 Å². The van der Waals surface area contributed by atoms with E-state index < -0.39 is 0 Å². The van der Waals surface area contributed by atoms with E-state index in [-0.39, 0.29) is 5.91 Å². The van der Waals surface area contributed by atoms with E-state index >= 15 is 0 Å². The van der Waals surface area contributed by atoms with E-state index in [1.165, 1.54) is 5.56 Å². The summed E-state index contributed by atoms with van der Waals surface area (Å²) in [6.45, 7) is 6.53. The van der Waals surface area contributed by atoms with Crippen molar-refractivity contribution in [2.24, 2.45) is 5.92 Å². The van der Waals surface area contributed by atoms with E-state index in [0.29, 0.717) is 5.92 Å². The zero-order valence-electron chi connectivity index (χ0n) is 16.8. The average molecular weight is 377 g/mol. The van der Waals surface area contributed by atoms with Crippen LogP contribution in [0.1, 0.15) is 47.8 Å². The Morgan fingerprint density at radius 1 is 1.18 bits per heavy atom. The number of hydrogen-bond acceptors (Lipinski definition) is 3. The van der Waals surface area contributed by atoms with Gasteiger partial charge < -0.3 is 4.90 Å². The Hall–Kier alpha value is -2.69. The van der Waals surface area contributed by atoms with E-state index in [9.17, 15) is 4.79 Å². The summed E-state index contributed by atoms with van der Waals surface area (Å²) in [5.74, 6) is 0.766. The van der Waals surface area contributed by atoms with Crippen molar-refractivity contribution in [3.05, 3.63) is 59.4 Å². The first-order chi connectivity index (χ1) is 13.7. The summed E-state index contributed by atoms with van der Waals surface area (Å²) in [6, 6.07) is 12.6. The number of pyridine rings is 1. The highest BCUT2D eigenvalue weighted by Crippen LogP contribution is 2.25. The van der Waals surface area contributed by atoms with Gasteiger partial charge in [0.1, 0.15) is 0 Å². The fourth-order valence-electron chi connectivity index (χ4n) is 4.18. The summed E-state index contributed by atoms with van der Waals surface area (Å²) >= 11 is 0. The molecule has 1 aromatic carbocycles. The van der Waals surface area contributed by atoms with Crippen LogP contribution in [0, 0.1) is 12.8 Å². The van der Waals surface area contributed by atoms with Crippen LogP contribution in [0.15, 0.2) is 42.6 Å². The minimum atomic E-state index is 0.115. The molecule has 28 heavy (non-hydrogen) atoms. The summed E-state index contributed by atoms with van der Waals surface area (Å²) in [4.78, 5) is 19.9. The first-order valence-corrected chi connectivity index (χ1v) is 10.3. The Balaban J connectivity index is 1.48. The summed E-state index contributed by atoms with van der Waals surface area (Å²) in [7, 11) is 0. The Kier molecular flexibility index (Phi) is 5.42. The maximum atomic E-state index is 13.3. The van der Waals surface area contributed by atoms with Crippen LogP contribution in [-0.2, 0) is 13.0 Å². The molecule has 0 unspecified atom stereocenters. The highest BCUT2D eigenvalue weighted by atomic mass is 16.2. The molecule has 3 heterocycles. The number of hydrogen-bond donors (Lipinski definition) is 0. The van der Waals surface area contributed by atoms with Crippen molar-refractivity contribution < 1.29 is 4.79 Å². The van der Waals surface area contributed by atoms with Gasteiger partial charge in [0.05, 0.1) is 17.1 Å². The van der Waals surface area contributed by atoms with E-state index in [2.05, 4.69) is 47.3 Å². The van der Waals surface area contributed by atoms with Crippen LogP contribution in [0.5, 0.6) is 0 Å². The monoisotopic (exact) mass is 376 g/mol. The Morgan fingerprint density at radius 2 is 1.93 bits per heavy atom. The smallest absolute Gasteiger partial charge is 0.254 e. The lowest BCUT2D eigenvalue weighted by Crippen LogP contribution is -2.39. The number of aromatic nitrogens is 3. The molecule has 0 bridgehead atoms. The fourth-order valence-corrected chi connectivity index (χ4v) is 4.18. The van der Waals surface area contributed by atoms with Gasteiger partial charge in [0.25, 0.3) is 5.91 Å². The highest BCUT2D eigenvalue weighted by Gasteiger charge is 2.26. The molecular formula is C23H28N4O. The van der Waals surface area contributed by atoms with E-state index in [0.717, 1.165) is 67.6 Å². The van der Waals surface area contributed by atoms with Crippen LogP contribution < -0.4 is 0 Å². The summed E-state index contributed by atoms with van der Waals surface area (Å²) < 4.78 is 1.91. The van der Waals surface area contributed by atoms with Crippen LogP contribution in [0.4, 0.5) is 0 Å². The van der Waals surface area contributed by atoms with Gasteiger partial charge in [-0.3, -0.25) is 4.79 Å². The first kappa shape index (κ1) is 18.7. The van der Waals surface area contributed by atoms with Crippen LogP contribution in [0.2, 0.25) is 0 Å². The minimum Gasteiger partial charge on any atom is -0.339 e. The summed E-state index contributed by atoms with van der Waals surface area (Å²) in [6.07, 6.45) is 6.01. The predicted octanol–water partition coefficient (Wildman–Crippen LogP) is 4.24. The van der Waals surface area contributed by atoms with Crippen LogP contribution >= 0.6 is 0 Å². The van der Waals surface area contributed by atoms with Crippen molar-refractivity contribution in [3.63, 3.8) is 0 Å². The number of amides is 1. The molecule has 1 fully saturated rings. The number of carbonyl (C=O) groups is 1. The molecule has 3 aromatic rings. The molecule has 1 amide bonds. The number of rotatable bonds is 5. The molecule has 0 atom stereocenters. The molecule has 0 N–H and O–H groups in total. The third-order valence-corrected chi connectivity index (χ3v) is 5.67. The Morgan fingerprint density at radius 3 is 2.64 bits per heavy atom. The van der Waals surface area contributed by atoms with E-state index in [1.54, 1.807) is 6.20 Å². The number of aryl methyl sites for hydroxylation is 2. The fraction of sp³-hybridized carbons (Fsp3) is 0.435.